The summed E-state index contributed by atoms with van der Waals surface area (Å²) in [6.45, 7) is 3.43. The molecule has 2 amide bonds. The number of carbonyl (C=O) groups is 2. The number of aryl methyl sites for hydroxylation is 2. The van der Waals surface area contributed by atoms with E-state index in [1.165, 1.54) is 12.3 Å². The van der Waals surface area contributed by atoms with Crippen LogP contribution in [0.2, 0.25) is 15.1 Å². The van der Waals surface area contributed by atoms with Crippen molar-refractivity contribution in [1.29, 1.82) is 0 Å². The molecule has 0 atom stereocenters. The molecule has 0 unspecified atom stereocenters. The van der Waals surface area contributed by atoms with Gasteiger partial charge in [0.25, 0.3) is 5.91 Å². The first kappa shape index (κ1) is 21.3. The maximum atomic E-state index is 12.2. The Morgan fingerprint density at radius 1 is 1.07 bits per heavy atom. The standard InChI is InChI=1S/C20H17Cl3N2O4/c1-10-5-16-19(11(2)20(10)23)12(8-28-16)6-17(26)24-25-18(27)9-29-15-4-3-13(21)7-14(15)22/h3-5,7-8H,6,9H2,1-2H3,(H,24,26)(H,25,27). The topological polar surface area (TPSA) is 80.6 Å². The minimum atomic E-state index is -0.545. The third kappa shape index (κ3) is 4.96. The molecular weight excluding hydrogens is 439 g/mol. The molecule has 2 aromatic carbocycles. The Morgan fingerprint density at radius 3 is 2.52 bits per heavy atom. The first-order valence-electron chi connectivity index (χ1n) is 8.57. The first-order valence-corrected chi connectivity index (χ1v) is 9.71. The Labute approximate surface area is 182 Å². The summed E-state index contributed by atoms with van der Waals surface area (Å²) >= 11 is 18.1. The number of hydrogen-bond acceptors (Lipinski definition) is 4. The number of benzene rings is 2. The van der Waals surface area contributed by atoms with Crippen LogP contribution in [-0.4, -0.2) is 18.4 Å². The Kier molecular flexibility index (Phi) is 6.57. The number of halogens is 3. The molecule has 6 nitrogen and oxygen atoms in total. The lowest BCUT2D eigenvalue weighted by molar-refractivity contribution is -0.129. The highest BCUT2D eigenvalue weighted by atomic mass is 35.5. The average Bonchev–Trinajstić information content (AvgIpc) is 3.06. The van der Waals surface area contributed by atoms with Crippen LogP contribution in [0, 0.1) is 13.8 Å². The number of nitrogens with one attached hydrogen (secondary N) is 2. The average molecular weight is 456 g/mol. The summed E-state index contributed by atoms with van der Waals surface area (Å²) in [5, 5.41) is 2.16. The van der Waals surface area contributed by atoms with E-state index in [2.05, 4.69) is 10.9 Å². The van der Waals surface area contributed by atoms with Gasteiger partial charge in [-0.05, 0) is 49.2 Å². The fraction of sp³-hybridized carbons (Fsp3) is 0.200. The van der Waals surface area contributed by atoms with E-state index in [-0.39, 0.29) is 18.1 Å². The van der Waals surface area contributed by atoms with Gasteiger partial charge in [-0.3, -0.25) is 20.4 Å². The molecule has 0 saturated carbocycles. The Bertz CT molecular complexity index is 1100. The van der Waals surface area contributed by atoms with Crippen LogP contribution in [0.1, 0.15) is 16.7 Å². The number of rotatable bonds is 5. The molecule has 1 heterocycles. The molecule has 0 spiro atoms. The van der Waals surface area contributed by atoms with Gasteiger partial charge in [-0.15, -0.1) is 0 Å². The van der Waals surface area contributed by atoms with E-state index in [9.17, 15) is 9.59 Å². The zero-order valence-electron chi connectivity index (χ0n) is 15.6. The van der Waals surface area contributed by atoms with Crippen molar-refractivity contribution in [2.45, 2.75) is 20.3 Å². The molecule has 152 valence electrons. The van der Waals surface area contributed by atoms with Gasteiger partial charge in [0.05, 0.1) is 17.7 Å². The summed E-state index contributed by atoms with van der Waals surface area (Å²) in [5.41, 5.74) is 7.71. The normalized spacial score (nSPS) is 10.8. The molecule has 0 aliphatic heterocycles. The molecule has 0 saturated heterocycles. The lowest BCUT2D eigenvalue weighted by Gasteiger charge is -2.10. The lowest BCUT2D eigenvalue weighted by Crippen LogP contribution is -2.44. The number of fused-ring (bicyclic) bond motifs is 1. The predicted octanol–water partition coefficient (Wildman–Crippen LogP) is 4.78. The van der Waals surface area contributed by atoms with Crippen LogP contribution in [0.3, 0.4) is 0 Å². The number of ether oxygens (including phenoxy) is 1. The number of hydrogen-bond donors (Lipinski definition) is 2. The highest BCUT2D eigenvalue weighted by Crippen LogP contribution is 2.32. The highest BCUT2D eigenvalue weighted by Gasteiger charge is 2.16. The van der Waals surface area contributed by atoms with Crippen molar-refractivity contribution in [3.63, 3.8) is 0 Å². The molecule has 9 heteroatoms. The summed E-state index contributed by atoms with van der Waals surface area (Å²) in [5.74, 6) is -0.650. The minimum Gasteiger partial charge on any atom is -0.482 e. The zero-order chi connectivity index (χ0) is 21.1. The molecule has 0 aliphatic carbocycles. The number of hydrazine groups is 1. The molecule has 0 bridgehead atoms. The summed E-state index contributed by atoms with van der Waals surface area (Å²) in [4.78, 5) is 24.1. The summed E-state index contributed by atoms with van der Waals surface area (Å²) in [6, 6.07) is 6.47. The third-order valence-electron chi connectivity index (χ3n) is 4.24. The number of furan rings is 1. The summed E-state index contributed by atoms with van der Waals surface area (Å²) in [6.07, 6.45) is 1.53. The fourth-order valence-electron chi connectivity index (χ4n) is 2.87. The number of amides is 2. The molecule has 29 heavy (non-hydrogen) atoms. The Balaban J connectivity index is 1.55. The van der Waals surface area contributed by atoms with Gasteiger partial charge in [-0.1, -0.05) is 34.8 Å². The fourth-order valence-corrected chi connectivity index (χ4v) is 3.48. The maximum absolute atomic E-state index is 12.2. The van der Waals surface area contributed by atoms with Crippen LogP contribution in [0.15, 0.2) is 34.9 Å². The third-order valence-corrected chi connectivity index (χ3v) is 5.35. The molecule has 3 aromatic rings. The first-order chi connectivity index (χ1) is 13.8. The van der Waals surface area contributed by atoms with Gasteiger partial charge in [-0.2, -0.15) is 0 Å². The minimum absolute atomic E-state index is 0.0113. The van der Waals surface area contributed by atoms with Crippen molar-refractivity contribution in [2.75, 3.05) is 6.61 Å². The van der Waals surface area contributed by atoms with E-state index in [1.54, 1.807) is 12.1 Å². The van der Waals surface area contributed by atoms with E-state index in [0.29, 0.717) is 26.9 Å². The molecule has 0 radical (unpaired) electrons. The van der Waals surface area contributed by atoms with Crippen molar-refractivity contribution in [3.8, 4) is 5.75 Å². The van der Waals surface area contributed by atoms with Crippen LogP contribution in [0.5, 0.6) is 5.75 Å². The lowest BCUT2D eigenvalue weighted by atomic mass is 10.0. The van der Waals surface area contributed by atoms with Gasteiger partial charge in [0, 0.05) is 21.0 Å². The SMILES string of the molecule is Cc1cc2occ(CC(=O)NNC(=O)COc3ccc(Cl)cc3Cl)c2c(C)c1Cl. The van der Waals surface area contributed by atoms with Crippen molar-refractivity contribution >= 4 is 57.6 Å². The van der Waals surface area contributed by atoms with Gasteiger partial charge in [0.2, 0.25) is 5.91 Å². The quantitative estimate of drug-likeness (QED) is 0.543. The number of carbonyl (C=O) groups excluding carboxylic acids is 2. The second-order valence-corrected chi connectivity index (χ2v) is 7.62. The van der Waals surface area contributed by atoms with Gasteiger partial charge in [0.15, 0.2) is 6.61 Å². The summed E-state index contributed by atoms with van der Waals surface area (Å²) < 4.78 is 10.8. The zero-order valence-corrected chi connectivity index (χ0v) is 17.8. The van der Waals surface area contributed by atoms with E-state index in [4.69, 9.17) is 44.0 Å². The van der Waals surface area contributed by atoms with Crippen molar-refractivity contribution in [3.05, 3.63) is 62.3 Å². The smallest absolute Gasteiger partial charge is 0.276 e. The van der Waals surface area contributed by atoms with Crippen molar-refractivity contribution < 1.29 is 18.7 Å². The van der Waals surface area contributed by atoms with Crippen LogP contribution >= 0.6 is 34.8 Å². The molecule has 0 fully saturated rings. The van der Waals surface area contributed by atoms with Crippen LogP contribution in [0.4, 0.5) is 0 Å². The second-order valence-electron chi connectivity index (χ2n) is 6.40. The molecule has 2 N–H and O–H groups in total. The highest BCUT2D eigenvalue weighted by molar-refractivity contribution is 6.35. The molecular formula is C20H17Cl3N2O4. The molecule has 3 rings (SSSR count). The van der Waals surface area contributed by atoms with Crippen LogP contribution < -0.4 is 15.6 Å². The second kappa shape index (κ2) is 8.95. The van der Waals surface area contributed by atoms with Crippen LogP contribution in [-0.2, 0) is 16.0 Å². The Hall–Kier alpha value is -2.41. The van der Waals surface area contributed by atoms with E-state index in [0.717, 1.165) is 16.5 Å². The largest absolute Gasteiger partial charge is 0.482 e. The van der Waals surface area contributed by atoms with E-state index >= 15 is 0 Å². The molecule has 0 aliphatic rings. The molecule has 1 aromatic heterocycles. The monoisotopic (exact) mass is 454 g/mol. The van der Waals surface area contributed by atoms with Gasteiger partial charge in [0.1, 0.15) is 11.3 Å². The van der Waals surface area contributed by atoms with Gasteiger partial charge in [-0.25, -0.2) is 0 Å². The van der Waals surface area contributed by atoms with Crippen LogP contribution in [0.25, 0.3) is 11.0 Å². The van der Waals surface area contributed by atoms with Crippen molar-refractivity contribution in [2.24, 2.45) is 0 Å². The Morgan fingerprint density at radius 2 is 1.79 bits per heavy atom. The predicted molar refractivity (Wildman–Crippen MR) is 113 cm³/mol. The van der Waals surface area contributed by atoms with Crippen molar-refractivity contribution in [1.82, 2.24) is 10.9 Å². The van der Waals surface area contributed by atoms with E-state index in [1.807, 2.05) is 19.9 Å². The summed E-state index contributed by atoms with van der Waals surface area (Å²) in [7, 11) is 0. The maximum Gasteiger partial charge on any atom is 0.276 e. The van der Waals surface area contributed by atoms with Gasteiger partial charge < -0.3 is 9.15 Å². The van der Waals surface area contributed by atoms with Gasteiger partial charge >= 0.3 is 0 Å². The van der Waals surface area contributed by atoms with E-state index < -0.39 is 11.8 Å².